The fourth-order valence-corrected chi connectivity index (χ4v) is 13.4. The van der Waals surface area contributed by atoms with Gasteiger partial charge in [0.15, 0.2) is 0 Å². The van der Waals surface area contributed by atoms with Crippen molar-refractivity contribution >= 4 is 23.4 Å². The number of hydrogen-bond donors (Lipinski definition) is 0. The number of alkyl halides is 12. The fraction of sp³-hybridized carbons (Fsp3) is 0.219. The molecule has 0 bridgehead atoms. The number of hydrogen-bond acceptors (Lipinski definition) is 3. The van der Waals surface area contributed by atoms with E-state index in [1.807, 2.05) is 0 Å². The summed E-state index contributed by atoms with van der Waals surface area (Å²) in [4.78, 5) is 14.7. The van der Waals surface area contributed by atoms with Crippen molar-refractivity contribution in [2.24, 2.45) is 0 Å². The fourth-order valence-electron chi connectivity index (χ4n) is 6.82. The molecule has 48 heavy (non-hydrogen) atoms. The molecule has 3 nitrogen and oxygen atoms in total. The van der Waals surface area contributed by atoms with Crippen LogP contribution in [0.15, 0.2) is 109 Å². The van der Waals surface area contributed by atoms with Gasteiger partial charge in [0.25, 0.3) is 0 Å². The monoisotopic (exact) mass is 710 g/mol. The Kier molecular flexibility index (Phi) is 7.27. The van der Waals surface area contributed by atoms with Gasteiger partial charge in [0.05, 0.1) is 0 Å². The molecule has 6 rings (SSSR count). The summed E-state index contributed by atoms with van der Waals surface area (Å²) in [6.45, 7) is 0. The predicted octanol–water partition coefficient (Wildman–Crippen LogP) is 9.35. The molecule has 0 aliphatic carbocycles. The van der Waals surface area contributed by atoms with E-state index in [2.05, 4.69) is 0 Å². The van der Waals surface area contributed by atoms with Crippen molar-refractivity contribution < 1.29 is 66.5 Å². The topological polar surface area (TPSA) is 35.5 Å². The van der Waals surface area contributed by atoms with E-state index in [9.17, 15) is 4.79 Å². The van der Waals surface area contributed by atoms with Crippen LogP contribution in [-0.2, 0) is 20.2 Å². The van der Waals surface area contributed by atoms with Crippen molar-refractivity contribution in [3.05, 3.63) is 131 Å². The number of benzene rings is 4. The zero-order valence-corrected chi connectivity index (χ0v) is 24.6. The Hall–Kier alpha value is -3.94. The van der Waals surface area contributed by atoms with Gasteiger partial charge in [-0.2, -0.15) is 0 Å². The van der Waals surface area contributed by atoms with Gasteiger partial charge in [-0.25, -0.2) is 0 Å². The van der Waals surface area contributed by atoms with Gasteiger partial charge < -0.3 is 0 Å². The molecule has 0 unspecified atom stereocenters. The summed E-state index contributed by atoms with van der Waals surface area (Å²) in [5.74, 6) is -1.45. The van der Waals surface area contributed by atoms with Gasteiger partial charge in [-0.1, -0.05) is 0 Å². The number of carbonyl (C=O) groups excluding carboxylic acids is 1. The van der Waals surface area contributed by atoms with Crippen molar-refractivity contribution in [3.63, 3.8) is 0 Å². The standard InChI is InChI=1S/C32H19F12O3P/c33-29(34,35)27(30(36,37)38)21-15-7-9-17-23(21)48(46-27,26(20-13-5-2-6-14-20)25(45)19-11-3-1-4-12-19)24-18-10-8-16-22(24)28(47-48,31(39,40)41)32(42,43)44/h1-18,26H/t26-/m1/s1. The first kappa shape index (κ1) is 33.9. The zero-order chi connectivity index (χ0) is 35.2. The van der Waals surface area contributed by atoms with Crippen LogP contribution in [0.1, 0.15) is 32.7 Å². The minimum absolute atomic E-state index is 0.250. The van der Waals surface area contributed by atoms with E-state index in [0.29, 0.717) is 24.3 Å². The third-order valence-corrected chi connectivity index (χ3v) is 14.0. The summed E-state index contributed by atoms with van der Waals surface area (Å²) in [6, 6.07) is 16.0. The summed E-state index contributed by atoms with van der Waals surface area (Å²) < 4.78 is 193. The molecule has 0 aromatic heterocycles. The van der Waals surface area contributed by atoms with Gasteiger partial charge in [0.2, 0.25) is 0 Å². The molecule has 0 N–H and O–H groups in total. The molecule has 16 heteroatoms. The Labute approximate surface area is 263 Å². The Morgan fingerprint density at radius 3 is 1.21 bits per heavy atom. The molecule has 2 aliphatic heterocycles. The van der Waals surface area contributed by atoms with Crippen molar-refractivity contribution in [1.82, 2.24) is 0 Å². The van der Waals surface area contributed by atoms with Crippen molar-refractivity contribution in [2.45, 2.75) is 41.6 Å². The first-order valence-electron chi connectivity index (χ1n) is 13.8. The molecule has 1 atom stereocenters. The third kappa shape index (κ3) is 4.07. The number of carbonyl (C=O) groups is 1. The van der Waals surface area contributed by atoms with Crippen molar-refractivity contribution in [2.75, 3.05) is 0 Å². The summed E-state index contributed by atoms with van der Waals surface area (Å²) in [7, 11) is -7.47. The van der Waals surface area contributed by atoms with E-state index in [1.54, 1.807) is 0 Å². The maximum atomic E-state index is 15.2. The van der Waals surface area contributed by atoms with E-state index in [1.165, 1.54) is 24.3 Å². The molecule has 0 radical (unpaired) electrons. The molecule has 0 saturated carbocycles. The van der Waals surface area contributed by atoms with Crippen LogP contribution >= 0.6 is 7.06 Å². The molecule has 0 fully saturated rings. The summed E-state index contributed by atoms with van der Waals surface area (Å²) in [5.41, 5.74) is -18.6. The molecular formula is C32H19F12O3P. The van der Waals surface area contributed by atoms with Crippen LogP contribution in [0.25, 0.3) is 0 Å². The van der Waals surface area contributed by atoms with E-state index in [0.717, 1.165) is 48.5 Å². The van der Waals surface area contributed by atoms with Gasteiger partial charge in [-0.05, 0) is 0 Å². The Bertz CT molecular complexity index is 1770. The van der Waals surface area contributed by atoms with Gasteiger partial charge in [0.1, 0.15) is 0 Å². The molecule has 1 spiro atoms. The second-order valence-electron chi connectivity index (χ2n) is 11.1. The second-order valence-corrected chi connectivity index (χ2v) is 15.0. The molecule has 2 aliphatic rings. The minimum atomic E-state index is -7.47. The average molecular weight is 710 g/mol. The third-order valence-electron chi connectivity index (χ3n) is 8.60. The van der Waals surface area contributed by atoms with Crippen LogP contribution < -0.4 is 10.6 Å². The zero-order valence-electron chi connectivity index (χ0n) is 23.7. The van der Waals surface area contributed by atoms with Crippen LogP contribution in [0.2, 0.25) is 0 Å². The van der Waals surface area contributed by atoms with Crippen LogP contribution in [0, 0.1) is 0 Å². The Balaban J connectivity index is 1.95. The summed E-state index contributed by atoms with van der Waals surface area (Å²) >= 11 is 0. The van der Waals surface area contributed by atoms with Crippen LogP contribution in [0.5, 0.6) is 0 Å². The first-order valence-corrected chi connectivity index (χ1v) is 15.9. The first-order chi connectivity index (χ1) is 22.2. The predicted molar refractivity (Wildman–Crippen MR) is 149 cm³/mol. The molecule has 0 saturated heterocycles. The molecule has 2 heterocycles. The number of rotatable bonds is 4. The number of fused-ring (bicyclic) bond motifs is 4. The molecule has 4 aromatic rings. The normalized spacial score (nSPS) is 20.7. The van der Waals surface area contributed by atoms with Gasteiger partial charge in [-0.15, -0.1) is 0 Å². The number of Topliss-reactive ketones (excluding diaryl/α,β-unsaturated/α-hetero) is 1. The van der Waals surface area contributed by atoms with E-state index in [4.69, 9.17) is 9.05 Å². The van der Waals surface area contributed by atoms with E-state index >= 15 is 52.7 Å². The van der Waals surface area contributed by atoms with Crippen LogP contribution in [-0.4, -0.2) is 30.5 Å². The Morgan fingerprint density at radius 2 is 0.833 bits per heavy atom. The summed E-state index contributed by atoms with van der Waals surface area (Å²) in [5, 5.41) is -2.81. The van der Waals surface area contributed by atoms with E-state index < -0.39 is 87.3 Å². The Morgan fingerprint density at radius 1 is 0.500 bits per heavy atom. The van der Waals surface area contributed by atoms with Gasteiger partial charge >= 0.3 is 263 Å². The maximum absolute atomic E-state index is 15.2. The molecular weight excluding hydrogens is 691 g/mol. The van der Waals surface area contributed by atoms with Crippen LogP contribution in [0.4, 0.5) is 52.7 Å². The SMILES string of the molecule is O=C(c1ccccc1)[C@@H](c1ccccc1)P12(OC(C(F)(F)F)(C(F)(F)F)c3ccccc31)OC(C(F)(F)F)(C(F)(F)F)c1ccccc12. The number of halogens is 12. The van der Waals surface area contributed by atoms with Gasteiger partial charge in [0, 0.05) is 0 Å². The van der Waals surface area contributed by atoms with E-state index in [-0.39, 0.29) is 12.1 Å². The molecule has 254 valence electrons. The number of ketones is 1. The van der Waals surface area contributed by atoms with Gasteiger partial charge in [-0.3, -0.25) is 0 Å². The van der Waals surface area contributed by atoms with Crippen molar-refractivity contribution in [3.8, 4) is 0 Å². The summed E-state index contributed by atoms with van der Waals surface area (Å²) in [6.07, 6.45) is -26.3. The molecule has 4 aromatic carbocycles. The second kappa shape index (κ2) is 10.3. The molecule has 0 amide bonds. The van der Waals surface area contributed by atoms with Crippen molar-refractivity contribution in [1.29, 1.82) is 0 Å². The average Bonchev–Trinajstić information content (AvgIpc) is 3.46. The van der Waals surface area contributed by atoms with Crippen LogP contribution in [0.3, 0.4) is 0 Å². The quantitative estimate of drug-likeness (QED) is 0.120.